The fourth-order valence-electron chi connectivity index (χ4n) is 25.2. The van der Waals surface area contributed by atoms with E-state index in [-0.39, 0.29) is 0 Å². The van der Waals surface area contributed by atoms with Gasteiger partial charge in [0, 0.05) is 5.41 Å². The topological polar surface area (TPSA) is 20.2 Å². The lowest BCUT2D eigenvalue weighted by molar-refractivity contribution is 0.0476. The summed E-state index contributed by atoms with van der Waals surface area (Å²) < 4.78 is 0. The molecule has 280 valence electrons. The van der Waals surface area contributed by atoms with Crippen LogP contribution in [0.5, 0.6) is 0 Å². The molecule has 0 radical (unpaired) electrons. The van der Waals surface area contributed by atoms with E-state index in [0.717, 1.165) is 6.42 Å². The summed E-state index contributed by atoms with van der Waals surface area (Å²) in [5.74, 6) is 0. The maximum Gasteiger partial charge on any atom is 0.0838 e. The second-order valence-electron chi connectivity index (χ2n) is 25.7. The Morgan fingerprint density at radius 3 is 0.582 bits per heavy atom. The number of hydrogen-bond donors (Lipinski definition) is 1. The Morgan fingerprint density at radius 2 is 0.403 bits per heavy atom. The average molecular weight is 819 g/mol. The third kappa shape index (κ3) is 1.26. The van der Waals surface area contributed by atoms with Crippen LogP contribution in [-0.2, 0) is 10.8 Å². The van der Waals surface area contributed by atoms with Gasteiger partial charge in [0.1, 0.15) is 0 Å². The number of aliphatic hydroxyl groups is 1. The second kappa shape index (κ2) is 5.31. The first-order chi connectivity index (χ1) is 33.1. The Balaban J connectivity index is 1.26. The molecular formula is C66H10O. The molecule has 1 N–H and O–H groups in total. The van der Waals surface area contributed by atoms with E-state index in [4.69, 9.17) is 0 Å². The third-order valence-electron chi connectivity index (χ3n) is 25.5. The van der Waals surface area contributed by atoms with Crippen molar-refractivity contribution in [2.75, 3.05) is 0 Å². The van der Waals surface area contributed by atoms with Crippen LogP contribution in [-0.4, -0.2) is 10.7 Å². The summed E-state index contributed by atoms with van der Waals surface area (Å²) in [6, 6.07) is 0. The zero-order chi connectivity index (χ0) is 40.0. The molecule has 5 aliphatic rings. The molecule has 1 nitrogen and oxygen atoms in total. The first kappa shape index (κ1) is 24.6. The highest BCUT2D eigenvalue weighted by molar-refractivity contribution is 6.82. The molecule has 1 heteroatoms. The summed E-state index contributed by atoms with van der Waals surface area (Å²) in [5, 5.41) is 102. The fraction of sp³-hybridized carbons (Fsp3) is 0.0909. The van der Waals surface area contributed by atoms with Gasteiger partial charge in [-0.05, 0) is 339 Å². The van der Waals surface area contributed by atoms with Gasteiger partial charge in [0.05, 0.1) is 11.0 Å². The molecule has 5 aliphatic carbocycles. The molecule has 67 heavy (non-hydrogen) atoms. The second-order valence-corrected chi connectivity index (χ2v) is 25.7. The van der Waals surface area contributed by atoms with Crippen LogP contribution in [0.3, 0.4) is 0 Å². The molecule has 0 bridgehead atoms. The summed E-state index contributed by atoms with van der Waals surface area (Å²) in [6.07, 6.45) is 3.52. The minimum absolute atomic E-state index is 0.412. The summed E-state index contributed by atoms with van der Waals surface area (Å²) in [5.41, 5.74) is 6.00. The van der Waals surface area contributed by atoms with Gasteiger partial charge in [-0.25, -0.2) is 0 Å². The molecule has 1 unspecified atom stereocenters. The molecule has 0 saturated carbocycles. The van der Waals surface area contributed by atoms with Crippen molar-refractivity contribution < 1.29 is 5.11 Å². The van der Waals surface area contributed by atoms with Crippen molar-refractivity contribution in [3.8, 4) is 0 Å². The molecule has 28 aromatic carbocycles. The van der Waals surface area contributed by atoms with Crippen LogP contribution >= 0.6 is 0 Å². The quantitative estimate of drug-likeness (QED) is 0.119. The number of benzene rings is 18. The largest absolute Gasteiger partial charge is 0.386 e. The predicted octanol–water partition coefficient (Wildman–Crippen LogP) is 17.4. The van der Waals surface area contributed by atoms with E-state index in [1.165, 1.54) is 5.57 Å². The van der Waals surface area contributed by atoms with Crippen molar-refractivity contribution in [3.63, 3.8) is 0 Å². The lowest BCUT2D eigenvalue weighted by atomic mass is 9.43. The van der Waals surface area contributed by atoms with E-state index < -0.39 is 16.4 Å². The van der Waals surface area contributed by atoms with Gasteiger partial charge in [-0.2, -0.15) is 0 Å². The van der Waals surface area contributed by atoms with E-state index in [2.05, 4.69) is 19.9 Å². The molecule has 0 amide bonds. The van der Waals surface area contributed by atoms with E-state index in [1.54, 1.807) is 313 Å². The first-order valence-electron chi connectivity index (χ1n) is 25.3. The van der Waals surface area contributed by atoms with E-state index in [1.807, 2.05) is 0 Å². The van der Waals surface area contributed by atoms with E-state index in [9.17, 15) is 5.11 Å². The lowest BCUT2D eigenvalue weighted by Gasteiger charge is -2.58. The molecule has 1 atom stereocenters. The van der Waals surface area contributed by atoms with Crippen LogP contribution in [0.4, 0.5) is 0 Å². The Kier molecular flexibility index (Phi) is 1.95. The summed E-state index contributed by atoms with van der Waals surface area (Å²) >= 11 is 0. The average Bonchev–Trinajstić information content (AvgIpc) is 4.17. The first-order valence-corrected chi connectivity index (χ1v) is 25.3. The Labute approximate surface area is 364 Å². The van der Waals surface area contributed by atoms with E-state index >= 15 is 0 Å². The maximum absolute atomic E-state index is 13.4. The molecule has 0 aromatic heterocycles. The highest BCUT2D eigenvalue weighted by Crippen LogP contribution is 2.86. The van der Waals surface area contributed by atoms with Crippen LogP contribution in [0.1, 0.15) is 42.5 Å². The summed E-state index contributed by atoms with van der Waals surface area (Å²) in [4.78, 5) is 0. The normalized spacial score (nSPS) is 25.4. The van der Waals surface area contributed by atoms with Gasteiger partial charge in [0.15, 0.2) is 0 Å². The SMILES string of the molecule is CC1=CC23c4c5c6c7c8c9c(c%10c%11c2c2c4c4c%12c5c5c6c6c8c8c%13c9c9c%10c%10c%11c%11c2c2c4c4c%12c%12c5c5c6c8c6c8c%13c9c9c%10c%10c%11c2c2c4c4c%12c5c6c5c8c9c%10c2c45)C73CC1(C)O. The monoisotopic (exact) mass is 818 g/mol. The molecule has 33 rings (SSSR count). The van der Waals surface area contributed by atoms with Crippen LogP contribution in [0, 0.1) is 0 Å². The summed E-state index contributed by atoms with van der Waals surface area (Å²) in [6.45, 7) is 4.53. The van der Waals surface area contributed by atoms with Crippen molar-refractivity contribution in [3.05, 3.63) is 33.9 Å². The van der Waals surface area contributed by atoms with Gasteiger partial charge >= 0.3 is 0 Å². The fourth-order valence-corrected chi connectivity index (χ4v) is 25.2. The molecule has 0 aliphatic heterocycles. The maximum atomic E-state index is 13.4. The van der Waals surface area contributed by atoms with Gasteiger partial charge in [-0.1, -0.05) is 6.08 Å². The molecule has 28 aromatic rings. The minimum atomic E-state index is -0.951. The third-order valence-corrected chi connectivity index (χ3v) is 25.5. The predicted molar refractivity (Wildman–Crippen MR) is 283 cm³/mol. The summed E-state index contributed by atoms with van der Waals surface area (Å²) in [7, 11) is 0. The Bertz CT molecular complexity index is 6970. The van der Waals surface area contributed by atoms with E-state index in [0.29, 0.717) is 0 Å². The van der Waals surface area contributed by atoms with Crippen molar-refractivity contribution in [2.45, 2.75) is 36.7 Å². The molecule has 0 fully saturated rings. The Hall–Kier alpha value is -7.84. The highest BCUT2D eigenvalue weighted by Gasteiger charge is 2.71. The molecular weight excluding hydrogens is 809 g/mol. The molecule has 0 saturated heterocycles. The van der Waals surface area contributed by atoms with Gasteiger partial charge in [-0.3, -0.25) is 0 Å². The zero-order valence-corrected chi connectivity index (χ0v) is 34.7. The van der Waals surface area contributed by atoms with Crippen LogP contribution in [0.2, 0.25) is 0 Å². The van der Waals surface area contributed by atoms with Crippen LogP contribution in [0.25, 0.3) is 291 Å². The van der Waals surface area contributed by atoms with Crippen LogP contribution in [0.15, 0.2) is 11.6 Å². The van der Waals surface area contributed by atoms with Gasteiger partial charge in [-0.15, -0.1) is 0 Å². The van der Waals surface area contributed by atoms with Gasteiger partial charge < -0.3 is 5.11 Å². The molecule has 2 spiro atoms. The van der Waals surface area contributed by atoms with Crippen LogP contribution < -0.4 is 0 Å². The van der Waals surface area contributed by atoms with Crippen molar-refractivity contribution in [1.82, 2.24) is 0 Å². The smallest absolute Gasteiger partial charge is 0.0838 e. The van der Waals surface area contributed by atoms with Crippen molar-refractivity contribution >= 4 is 291 Å². The van der Waals surface area contributed by atoms with Gasteiger partial charge in [0.2, 0.25) is 0 Å². The van der Waals surface area contributed by atoms with Gasteiger partial charge in [0.25, 0.3) is 0 Å². The van der Waals surface area contributed by atoms with Crippen molar-refractivity contribution in [1.29, 1.82) is 0 Å². The Morgan fingerprint density at radius 1 is 0.254 bits per heavy atom. The highest BCUT2D eigenvalue weighted by atomic mass is 16.3. The standard InChI is InChI=1S/C66H10O/c1-5-3-65-60-52-44-34-24-16-8-6-7-10-14-12(8)20-28-22(14)32-26-18(10)19-11(7)15-13-9(6)17(16)25-31-21(13)29-23(15)33-27(19)37-36(26)46-40(32)50-42(28)48(38(44)30(20)24)54(60)56(50)62-58(46)59-47(37)41(33)51-43(29)49-39(31)45(35(25)34)53(52)61(65)55(49)57(51)63(59)66(62,65)4-64(5,2)67/h3,67H,4H2,1-2H3. The minimum Gasteiger partial charge on any atom is -0.386 e. The number of allylic oxidation sites excluding steroid dienone is 1. The molecule has 0 heterocycles. The number of hydrogen-bond acceptors (Lipinski definition) is 1. The lowest BCUT2D eigenvalue weighted by Crippen LogP contribution is -2.57. The number of rotatable bonds is 0. The zero-order valence-electron chi connectivity index (χ0n) is 34.7. The van der Waals surface area contributed by atoms with Crippen molar-refractivity contribution in [2.24, 2.45) is 0 Å².